The van der Waals surface area contributed by atoms with Gasteiger partial charge in [-0.1, -0.05) is 6.07 Å². The number of nitrogens with two attached hydrogens (primary N) is 1. The highest BCUT2D eigenvalue weighted by atomic mass is 19.4. The molecule has 2 rings (SSSR count). The van der Waals surface area contributed by atoms with Gasteiger partial charge in [0.1, 0.15) is 0 Å². The van der Waals surface area contributed by atoms with Crippen molar-refractivity contribution in [3.05, 3.63) is 46.3 Å². The fourth-order valence-corrected chi connectivity index (χ4v) is 2.31. The fourth-order valence-electron chi connectivity index (χ4n) is 2.31. The van der Waals surface area contributed by atoms with Crippen molar-refractivity contribution in [3.63, 3.8) is 0 Å². The molecule has 6 heteroatoms. The quantitative estimate of drug-likeness (QED) is 0.944. The van der Waals surface area contributed by atoms with Crippen LogP contribution < -0.4 is 5.73 Å². The zero-order chi connectivity index (χ0) is 15.8. The van der Waals surface area contributed by atoms with Gasteiger partial charge in [-0.2, -0.15) is 18.3 Å². The minimum atomic E-state index is -4.40. The van der Waals surface area contributed by atoms with Gasteiger partial charge >= 0.3 is 6.18 Å². The van der Waals surface area contributed by atoms with E-state index in [0.717, 1.165) is 23.0 Å². The van der Waals surface area contributed by atoms with Gasteiger partial charge in [0.05, 0.1) is 16.9 Å². The van der Waals surface area contributed by atoms with Crippen molar-refractivity contribution in [3.8, 4) is 5.69 Å². The predicted octanol–water partition coefficient (Wildman–Crippen LogP) is 3.32. The molecule has 1 aromatic carbocycles. The first-order valence-electron chi connectivity index (χ1n) is 6.69. The van der Waals surface area contributed by atoms with Gasteiger partial charge < -0.3 is 5.73 Å². The third kappa shape index (κ3) is 2.95. The summed E-state index contributed by atoms with van der Waals surface area (Å²) in [5.41, 5.74) is 8.00. The first-order chi connectivity index (χ1) is 9.75. The SMILES string of the molecule is Cc1nn(-c2ccc(CCN)c(C(F)(F)F)c2)c(C)c1C. The largest absolute Gasteiger partial charge is 0.416 e. The lowest BCUT2D eigenvalue weighted by Crippen LogP contribution is -2.14. The lowest BCUT2D eigenvalue weighted by atomic mass is 10.0. The summed E-state index contributed by atoms with van der Waals surface area (Å²) in [6.07, 6.45) is -4.20. The van der Waals surface area contributed by atoms with Crippen LogP contribution in [0.5, 0.6) is 0 Å². The molecule has 0 amide bonds. The Morgan fingerprint density at radius 1 is 1.19 bits per heavy atom. The number of halogens is 3. The van der Waals surface area contributed by atoms with Crippen LogP contribution in [-0.2, 0) is 12.6 Å². The molecule has 3 nitrogen and oxygen atoms in total. The molecule has 0 unspecified atom stereocenters. The Morgan fingerprint density at radius 3 is 2.33 bits per heavy atom. The predicted molar refractivity (Wildman–Crippen MR) is 75.5 cm³/mol. The van der Waals surface area contributed by atoms with Gasteiger partial charge in [-0.3, -0.25) is 0 Å². The van der Waals surface area contributed by atoms with E-state index in [0.29, 0.717) is 5.69 Å². The highest BCUT2D eigenvalue weighted by Crippen LogP contribution is 2.34. The fraction of sp³-hybridized carbons (Fsp3) is 0.400. The molecule has 0 radical (unpaired) electrons. The van der Waals surface area contributed by atoms with Crippen LogP contribution in [0.1, 0.15) is 28.1 Å². The Morgan fingerprint density at radius 2 is 1.86 bits per heavy atom. The van der Waals surface area contributed by atoms with Crippen molar-refractivity contribution in [1.29, 1.82) is 0 Å². The summed E-state index contributed by atoms with van der Waals surface area (Å²) < 4.78 is 41.1. The third-order valence-corrected chi connectivity index (χ3v) is 3.71. The van der Waals surface area contributed by atoms with Crippen LogP contribution in [0.4, 0.5) is 13.2 Å². The van der Waals surface area contributed by atoms with E-state index in [1.807, 2.05) is 20.8 Å². The van der Waals surface area contributed by atoms with Crippen LogP contribution in [0.3, 0.4) is 0 Å². The third-order valence-electron chi connectivity index (χ3n) is 3.71. The van der Waals surface area contributed by atoms with Crippen molar-refractivity contribution in [1.82, 2.24) is 9.78 Å². The van der Waals surface area contributed by atoms with Crippen LogP contribution in [-0.4, -0.2) is 16.3 Å². The number of rotatable bonds is 3. The molecule has 0 spiro atoms. The monoisotopic (exact) mass is 297 g/mol. The molecular formula is C15H18F3N3. The minimum absolute atomic E-state index is 0.182. The number of nitrogens with zero attached hydrogens (tertiary/aromatic N) is 2. The average molecular weight is 297 g/mol. The molecule has 0 bridgehead atoms. The second-order valence-corrected chi connectivity index (χ2v) is 5.09. The van der Waals surface area contributed by atoms with Gasteiger partial charge in [0.2, 0.25) is 0 Å². The van der Waals surface area contributed by atoms with Gasteiger partial charge in [0.25, 0.3) is 0 Å². The van der Waals surface area contributed by atoms with E-state index in [-0.39, 0.29) is 18.5 Å². The molecule has 0 aliphatic carbocycles. The normalized spacial score (nSPS) is 12.0. The van der Waals surface area contributed by atoms with Gasteiger partial charge in [-0.15, -0.1) is 0 Å². The summed E-state index contributed by atoms with van der Waals surface area (Å²) in [6, 6.07) is 4.28. The van der Waals surface area contributed by atoms with Crippen molar-refractivity contribution in [2.75, 3.05) is 6.54 Å². The molecule has 0 saturated heterocycles. The summed E-state index contributed by atoms with van der Waals surface area (Å²) in [4.78, 5) is 0. The van der Waals surface area contributed by atoms with E-state index < -0.39 is 11.7 Å². The second-order valence-electron chi connectivity index (χ2n) is 5.09. The second kappa shape index (κ2) is 5.52. The Balaban J connectivity index is 2.59. The lowest BCUT2D eigenvalue weighted by Gasteiger charge is -2.15. The maximum atomic E-state index is 13.2. The van der Waals surface area contributed by atoms with Crippen molar-refractivity contribution >= 4 is 0 Å². The van der Waals surface area contributed by atoms with Gasteiger partial charge in [-0.05, 0) is 57.0 Å². The molecule has 0 fully saturated rings. The Labute approximate surface area is 121 Å². The number of aryl methyl sites for hydroxylation is 1. The van der Waals surface area contributed by atoms with Gasteiger partial charge in [-0.25, -0.2) is 4.68 Å². The molecular weight excluding hydrogens is 279 g/mol. The minimum Gasteiger partial charge on any atom is -0.330 e. The summed E-state index contributed by atoms with van der Waals surface area (Å²) in [5.74, 6) is 0. The van der Waals surface area contributed by atoms with E-state index in [2.05, 4.69) is 5.10 Å². The smallest absolute Gasteiger partial charge is 0.330 e. The van der Waals surface area contributed by atoms with E-state index >= 15 is 0 Å². The summed E-state index contributed by atoms with van der Waals surface area (Å²) in [7, 11) is 0. The number of benzene rings is 1. The van der Waals surface area contributed by atoms with Gasteiger partial charge in [0.15, 0.2) is 0 Å². The molecule has 1 heterocycles. The van der Waals surface area contributed by atoms with Crippen LogP contribution in [0.15, 0.2) is 18.2 Å². The molecule has 21 heavy (non-hydrogen) atoms. The number of aromatic nitrogens is 2. The molecule has 0 saturated carbocycles. The maximum Gasteiger partial charge on any atom is 0.416 e. The van der Waals surface area contributed by atoms with Gasteiger partial charge in [0, 0.05) is 5.69 Å². The Hall–Kier alpha value is -1.82. The topological polar surface area (TPSA) is 43.8 Å². The number of alkyl halides is 3. The molecule has 114 valence electrons. The Kier molecular flexibility index (Phi) is 4.09. The number of hydrogen-bond acceptors (Lipinski definition) is 2. The molecule has 0 aliphatic rings. The van der Waals surface area contributed by atoms with E-state index in [1.165, 1.54) is 6.07 Å². The van der Waals surface area contributed by atoms with Crippen molar-refractivity contribution in [2.24, 2.45) is 5.73 Å². The molecule has 2 N–H and O–H groups in total. The molecule has 1 aromatic heterocycles. The standard InChI is InChI=1S/C15H18F3N3/c1-9-10(2)20-21(11(9)3)13-5-4-12(6-7-19)14(8-13)15(16,17)18/h4-5,8H,6-7,19H2,1-3H3. The molecule has 2 aromatic rings. The van der Waals surface area contributed by atoms with Crippen LogP contribution in [0.2, 0.25) is 0 Å². The Bertz CT molecular complexity index is 657. The van der Waals surface area contributed by atoms with Crippen molar-refractivity contribution in [2.45, 2.75) is 33.4 Å². The maximum absolute atomic E-state index is 13.2. The highest BCUT2D eigenvalue weighted by Gasteiger charge is 2.33. The first kappa shape index (κ1) is 15.6. The summed E-state index contributed by atoms with van der Waals surface area (Å²) >= 11 is 0. The van der Waals surface area contributed by atoms with Crippen LogP contribution >= 0.6 is 0 Å². The van der Waals surface area contributed by atoms with E-state index in [1.54, 1.807) is 10.7 Å². The van der Waals surface area contributed by atoms with Crippen molar-refractivity contribution < 1.29 is 13.2 Å². The summed E-state index contributed by atoms with van der Waals surface area (Å²) in [5, 5.41) is 4.30. The summed E-state index contributed by atoms with van der Waals surface area (Å²) in [6.45, 7) is 5.77. The first-order valence-corrected chi connectivity index (χ1v) is 6.69. The highest BCUT2D eigenvalue weighted by molar-refractivity contribution is 5.44. The lowest BCUT2D eigenvalue weighted by molar-refractivity contribution is -0.138. The zero-order valence-corrected chi connectivity index (χ0v) is 12.3. The van der Waals surface area contributed by atoms with Crippen LogP contribution in [0.25, 0.3) is 5.69 Å². The average Bonchev–Trinajstić information content (AvgIpc) is 2.66. The van der Waals surface area contributed by atoms with Crippen LogP contribution in [0, 0.1) is 20.8 Å². The zero-order valence-electron chi connectivity index (χ0n) is 12.3. The van der Waals surface area contributed by atoms with E-state index in [9.17, 15) is 13.2 Å². The number of hydrogen-bond donors (Lipinski definition) is 1. The van der Waals surface area contributed by atoms with E-state index in [4.69, 9.17) is 5.73 Å². The molecule has 0 aliphatic heterocycles. The molecule has 0 atom stereocenters.